The lowest BCUT2D eigenvalue weighted by Crippen LogP contribution is -2.54. The number of amides is 5. The van der Waals surface area contributed by atoms with Crippen LogP contribution in [0.25, 0.3) is 0 Å². The molecular weight excluding hydrogens is 298 g/mol. The number of piperazine rings is 1. The van der Waals surface area contributed by atoms with Crippen LogP contribution in [-0.4, -0.2) is 85.0 Å². The summed E-state index contributed by atoms with van der Waals surface area (Å²) in [5.41, 5.74) is 0. The molecule has 1 rings (SSSR count). The molecule has 0 aromatic carbocycles. The molecule has 2 N–H and O–H groups in total. The van der Waals surface area contributed by atoms with Gasteiger partial charge in [-0.2, -0.15) is 0 Å². The first-order valence-electron chi connectivity index (χ1n) is 7.96. The molecule has 8 nitrogen and oxygen atoms in total. The summed E-state index contributed by atoms with van der Waals surface area (Å²) < 4.78 is 0. The molecule has 1 saturated heterocycles. The highest BCUT2D eigenvalue weighted by Gasteiger charge is 2.25. The Morgan fingerprint density at radius 1 is 1.13 bits per heavy atom. The van der Waals surface area contributed by atoms with Crippen LogP contribution in [0.5, 0.6) is 0 Å². The van der Waals surface area contributed by atoms with Crippen molar-refractivity contribution in [2.45, 2.75) is 13.8 Å². The monoisotopic (exact) mass is 325 g/mol. The number of rotatable bonds is 6. The van der Waals surface area contributed by atoms with Crippen LogP contribution in [0.2, 0.25) is 0 Å². The van der Waals surface area contributed by atoms with E-state index >= 15 is 0 Å². The van der Waals surface area contributed by atoms with Crippen molar-refractivity contribution in [1.29, 1.82) is 0 Å². The first-order valence-corrected chi connectivity index (χ1v) is 7.96. The maximum Gasteiger partial charge on any atom is 0.321 e. The lowest BCUT2D eigenvalue weighted by Gasteiger charge is -2.36. The minimum atomic E-state index is -0.523. The molecule has 0 aromatic rings. The first kappa shape index (κ1) is 19.0. The second-order valence-electron chi connectivity index (χ2n) is 5.26. The predicted molar refractivity (Wildman–Crippen MR) is 88.1 cm³/mol. The summed E-state index contributed by atoms with van der Waals surface area (Å²) >= 11 is 0. The second kappa shape index (κ2) is 9.83. The SMILES string of the molecule is C=CCNC(=O)NC(=O)CN1CCN(C(=O)N(CC)CC)CC1. The Kier molecular flexibility index (Phi) is 8.10. The van der Waals surface area contributed by atoms with Gasteiger partial charge in [0.2, 0.25) is 5.91 Å². The average Bonchev–Trinajstić information content (AvgIpc) is 2.54. The van der Waals surface area contributed by atoms with E-state index in [2.05, 4.69) is 17.2 Å². The van der Waals surface area contributed by atoms with E-state index < -0.39 is 6.03 Å². The largest absolute Gasteiger partial charge is 0.334 e. The van der Waals surface area contributed by atoms with E-state index in [0.29, 0.717) is 45.8 Å². The van der Waals surface area contributed by atoms with Gasteiger partial charge in [0.1, 0.15) is 0 Å². The Balaban J connectivity index is 2.33. The molecule has 5 amide bonds. The van der Waals surface area contributed by atoms with Gasteiger partial charge in [0.15, 0.2) is 0 Å². The fraction of sp³-hybridized carbons (Fsp3) is 0.667. The molecule has 1 heterocycles. The molecule has 0 bridgehead atoms. The van der Waals surface area contributed by atoms with Crippen molar-refractivity contribution in [3.05, 3.63) is 12.7 Å². The minimum absolute atomic E-state index is 0.0444. The van der Waals surface area contributed by atoms with E-state index in [1.165, 1.54) is 6.08 Å². The normalized spacial score (nSPS) is 15.0. The van der Waals surface area contributed by atoms with Gasteiger partial charge in [-0.25, -0.2) is 9.59 Å². The molecule has 23 heavy (non-hydrogen) atoms. The number of urea groups is 2. The highest BCUT2D eigenvalue weighted by atomic mass is 16.2. The third-order valence-electron chi connectivity index (χ3n) is 3.70. The number of nitrogens with zero attached hydrogens (tertiary/aromatic N) is 3. The van der Waals surface area contributed by atoms with Gasteiger partial charge in [-0.15, -0.1) is 6.58 Å². The van der Waals surface area contributed by atoms with E-state index in [1.54, 1.807) is 9.80 Å². The summed E-state index contributed by atoms with van der Waals surface area (Å²) in [5.74, 6) is -0.352. The molecule has 0 atom stereocenters. The maximum absolute atomic E-state index is 12.2. The topological polar surface area (TPSA) is 85.0 Å². The van der Waals surface area contributed by atoms with E-state index in [9.17, 15) is 14.4 Å². The number of nitrogens with one attached hydrogen (secondary N) is 2. The van der Waals surface area contributed by atoms with Gasteiger partial charge in [-0.05, 0) is 13.8 Å². The van der Waals surface area contributed by atoms with Crippen LogP contribution in [0, 0.1) is 0 Å². The summed E-state index contributed by atoms with van der Waals surface area (Å²) in [6, 6.07) is -0.479. The molecule has 1 fully saturated rings. The smallest absolute Gasteiger partial charge is 0.321 e. The van der Waals surface area contributed by atoms with Crippen LogP contribution in [-0.2, 0) is 4.79 Å². The zero-order valence-electron chi connectivity index (χ0n) is 14.0. The van der Waals surface area contributed by atoms with E-state index in [1.807, 2.05) is 18.7 Å². The summed E-state index contributed by atoms with van der Waals surface area (Å²) in [5, 5.41) is 4.75. The standard InChI is InChI=1S/C15H27N5O3/c1-4-7-16-14(22)17-13(21)12-18-8-10-20(11-9-18)15(23)19(5-2)6-3/h4H,1,5-12H2,2-3H3,(H2,16,17,21,22). The Hall–Kier alpha value is -2.09. The molecule has 0 unspecified atom stereocenters. The fourth-order valence-corrected chi connectivity index (χ4v) is 2.37. The minimum Gasteiger partial charge on any atom is -0.334 e. The third-order valence-corrected chi connectivity index (χ3v) is 3.70. The Morgan fingerprint density at radius 3 is 2.26 bits per heavy atom. The van der Waals surface area contributed by atoms with E-state index in [-0.39, 0.29) is 18.5 Å². The number of hydrogen-bond donors (Lipinski definition) is 2. The average molecular weight is 325 g/mol. The van der Waals surface area contributed by atoms with Crippen molar-refractivity contribution >= 4 is 18.0 Å². The Labute approximate surface area is 137 Å². The molecule has 0 radical (unpaired) electrons. The highest BCUT2D eigenvalue weighted by Crippen LogP contribution is 2.05. The molecule has 0 aromatic heterocycles. The zero-order chi connectivity index (χ0) is 17.2. The fourth-order valence-electron chi connectivity index (χ4n) is 2.37. The van der Waals surface area contributed by atoms with Gasteiger partial charge in [-0.3, -0.25) is 15.0 Å². The Bertz CT molecular complexity index is 429. The summed E-state index contributed by atoms with van der Waals surface area (Å²) in [7, 11) is 0. The summed E-state index contributed by atoms with van der Waals surface area (Å²) in [6.07, 6.45) is 1.54. The van der Waals surface area contributed by atoms with Gasteiger partial charge in [0, 0.05) is 45.8 Å². The maximum atomic E-state index is 12.2. The van der Waals surface area contributed by atoms with Crippen molar-refractivity contribution in [3.63, 3.8) is 0 Å². The molecule has 0 spiro atoms. The second-order valence-corrected chi connectivity index (χ2v) is 5.26. The number of imide groups is 1. The van der Waals surface area contributed by atoms with E-state index in [4.69, 9.17) is 0 Å². The molecule has 0 saturated carbocycles. The van der Waals surface area contributed by atoms with Crippen molar-refractivity contribution in [2.75, 3.05) is 52.4 Å². The quantitative estimate of drug-likeness (QED) is 0.677. The van der Waals surface area contributed by atoms with Crippen LogP contribution in [0.1, 0.15) is 13.8 Å². The zero-order valence-corrected chi connectivity index (χ0v) is 14.0. The van der Waals surface area contributed by atoms with Gasteiger partial charge in [-0.1, -0.05) is 6.08 Å². The number of carbonyl (C=O) groups is 3. The molecular formula is C15H27N5O3. The van der Waals surface area contributed by atoms with Crippen LogP contribution in [0.15, 0.2) is 12.7 Å². The summed E-state index contributed by atoms with van der Waals surface area (Å²) in [4.78, 5) is 40.9. The van der Waals surface area contributed by atoms with Crippen molar-refractivity contribution in [2.24, 2.45) is 0 Å². The third kappa shape index (κ3) is 6.27. The number of hydrogen-bond acceptors (Lipinski definition) is 4. The van der Waals surface area contributed by atoms with Gasteiger partial charge >= 0.3 is 12.1 Å². The summed E-state index contributed by atoms with van der Waals surface area (Å²) in [6.45, 7) is 11.7. The van der Waals surface area contributed by atoms with Crippen molar-refractivity contribution < 1.29 is 14.4 Å². The van der Waals surface area contributed by atoms with Gasteiger partial charge < -0.3 is 15.1 Å². The Morgan fingerprint density at radius 2 is 1.74 bits per heavy atom. The van der Waals surface area contributed by atoms with Gasteiger partial charge in [0.25, 0.3) is 0 Å². The number of carbonyl (C=O) groups excluding carboxylic acids is 3. The molecule has 1 aliphatic heterocycles. The lowest BCUT2D eigenvalue weighted by atomic mass is 10.3. The molecule has 0 aliphatic carbocycles. The molecule has 8 heteroatoms. The van der Waals surface area contributed by atoms with Crippen LogP contribution < -0.4 is 10.6 Å². The van der Waals surface area contributed by atoms with Crippen molar-refractivity contribution in [1.82, 2.24) is 25.3 Å². The lowest BCUT2D eigenvalue weighted by molar-refractivity contribution is -0.121. The molecule has 1 aliphatic rings. The van der Waals surface area contributed by atoms with Crippen LogP contribution >= 0.6 is 0 Å². The molecule has 130 valence electrons. The van der Waals surface area contributed by atoms with Gasteiger partial charge in [0.05, 0.1) is 6.54 Å². The highest BCUT2D eigenvalue weighted by molar-refractivity contribution is 5.95. The first-order chi connectivity index (χ1) is 11.0. The van der Waals surface area contributed by atoms with Crippen molar-refractivity contribution in [3.8, 4) is 0 Å². The van der Waals surface area contributed by atoms with Crippen LogP contribution in [0.3, 0.4) is 0 Å². The predicted octanol–water partition coefficient (Wildman–Crippen LogP) is 0.0776. The van der Waals surface area contributed by atoms with Crippen LogP contribution in [0.4, 0.5) is 9.59 Å². The van der Waals surface area contributed by atoms with E-state index in [0.717, 1.165) is 0 Å².